The van der Waals surface area contributed by atoms with Crippen LogP contribution < -0.4 is 5.32 Å². The Kier molecular flexibility index (Phi) is 6.68. The van der Waals surface area contributed by atoms with E-state index in [4.69, 9.17) is 4.74 Å². The molecule has 1 aliphatic rings. The van der Waals surface area contributed by atoms with Crippen molar-refractivity contribution in [2.24, 2.45) is 5.41 Å². The normalized spacial score (nSPS) is 22.1. The zero-order valence-electron chi connectivity index (χ0n) is 15.1. The molecule has 1 heterocycles. The lowest BCUT2D eigenvalue weighted by atomic mass is 9.89. The van der Waals surface area contributed by atoms with Crippen molar-refractivity contribution in [1.29, 1.82) is 0 Å². The molecule has 0 aromatic rings. The van der Waals surface area contributed by atoms with Crippen LogP contribution in [0.5, 0.6) is 0 Å². The lowest BCUT2D eigenvalue weighted by Crippen LogP contribution is -2.42. The maximum atomic E-state index is 12.1. The van der Waals surface area contributed by atoms with Crippen LogP contribution >= 0.6 is 0 Å². The van der Waals surface area contributed by atoms with Gasteiger partial charge in [0.15, 0.2) is 0 Å². The van der Waals surface area contributed by atoms with Crippen molar-refractivity contribution < 1.29 is 14.6 Å². The molecule has 1 saturated heterocycles. The number of amides is 1. The molecule has 0 aromatic heterocycles. The summed E-state index contributed by atoms with van der Waals surface area (Å²) in [6.07, 6.45) is 2.30. The van der Waals surface area contributed by atoms with Gasteiger partial charge in [-0.15, -0.1) is 0 Å². The van der Waals surface area contributed by atoms with Crippen LogP contribution in [0.1, 0.15) is 60.8 Å². The second-order valence-corrected chi connectivity index (χ2v) is 8.39. The Bertz CT molecular complexity index is 358. The van der Waals surface area contributed by atoms with Crippen LogP contribution in [-0.2, 0) is 4.74 Å². The number of likely N-dealkylation sites (tertiary alicyclic amines) is 1. The molecule has 0 radical (unpaired) electrons. The number of hydrogen-bond donors (Lipinski definition) is 2. The standard InChI is InChI=1S/C17H34N2O3/c1-16(2,3)14(20)12-18-13-8-7-10-19(11-9-13)15(21)22-17(4,5)6/h13-14,18,20H,7-12H2,1-6H3/t13-,14-/m0/s1. The van der Waals surface area contributed by atoms with Crippen LogP contribution in [0.3, 0.4) is 0 Å². The molecule has 0 aliphatic carbocycles. The van der Waals surface area contributed by atoms with Gasteiger partial charge in [-0.25, -0.2) is 4.79 Å². The Balaban J connectivity index is 2.41. The number of nitrogens with zero attached hydrogens (tertiary/aromatic N) is 1. The first-order valence-electron chi connectivity index (χ1n) is 8.38. The lowest BCUT2D eigenvalue weighted by molar-refractivity contribution is 0.0255. The molecular formula is C17H34N2O3. The van der Waals surface area contributed by atoms with E-state index in [0.717, 1.165) is 25.8 Å². The summed E-state index contributed by atoms with van der Waals surface area (Å²) in [7, 11) is 0. The number of aliphatic hydroxyl groups excluding tert-OH is 1. The van der Waals surface area contributed by atoms with E-state index >= 15 is 0 Å². The third-order valence-electron chi connectivity index (χ3n) is 3.98. The van der Waals surface area contributed by atoms with Gasteiger partial charge < -0.3 is 20.1 Å². The minimum absolute atomic E-state index is 0.111. The molecule has 0 unspecified atom stereocenters. The maximum Gasteiger partial charge on any atom is 0.410 e. The van der Waals surface area contributed by atoms with E-state index in [2.05, 4.69) is 5.32 Å². The molecule has 5 nitrogen and oxygen atoms in total. The number of rotatable bonds is 3. The Morgan fingerprint density at radius 3 is 2.41 bits per heavy atom. The van der Waals surface area contributed by atoms with Gasteiger partial charge >= 0.3 is 6.09 Å². The number of carbonyl (C=O) groups is 1. The minimum Gasteiger partial charge on any atom is -0.444 e. The van der Waals surface area contributed by atoms with Gasteiger partial charge in [-0.3, -0.25) is 0 Å². The number of nitrogens with one attached hydrogen (secondary N) is 1. The minimum atomic E-state index is -0.447. The molecule has 2 N–H and O–H groups in total. The van der Waals surface area contributed by atoms with Gasteiger partial charge in [-0.2, -0.15) is 0 Å². The number of aliphatic hydroxyl groups is 1. The molecule has 1 fully saturated rings. The van der Waals surface area contributed by atoms with Gasteiger partial charge in [0.1, 0.15) is 5.60 Å². The Hall–Kier alpha value is -0.810. The average molecular weight is 314 g/mol. The van der Waals surface area contributed by atoms with E-state index in [-0.39, 0.29) is 17.6 Å². The van der Waals surface area contributed by atoms with Crippen LogP contribution in [0.15, 0.2) is 0 Å². The largest absolute Gasteiger partial charge is 0.444 e. The lowest BCUT2D eigenvalue weighted by Gasteiger charge is -2.28. The van der Waals surface area contributed by atoms with E-state index in [1.165, 1.54) is 0 Å². The summed E-state index contributed by atoms with van der Waals surface area (Å²) in [4.78, 5) is 13.9. The molecule has 2 atom stereocenters. The van der Waals surface area contributed by atoms with Crippen molar-refractivity contribution in [3.8, 4) is 0 Å². The summed E-state index contributed by atoms with van der Waals surface area (Å²) in [5, 5.41) is 13.6. The second-order valence-electron chi connectivity index (χ2n) is 8.39. The fourth-order valence-electron chi connectivity index (χ4n) is 2.39. The second kappa shape index (κ2) is 7.64. The molecule has 1 rings (SSSR count). The first-order chi connectivity index (χ1) is 9.99. The maximum absolute atomic E-state index is 12.1. The van der Waals surface area contributed by atoms with Gasteiger partial charge in [0.2, 0.25) is 0 Å². The summed E-state index contributed by atoms with van der Waals surface area (Å²) in [5.74, 6) is 0. The average Bonchev–Trinajstić information content (AvgIpc) is 2.58. The first kappa shape index (κ1) is 19.2. The van der Waals surface area contributed by atoms with Gasteiger partial charge in [-0.1, -0.05) is 20.8 Å². The van der Waals surface area contributed by atoms with Crippen LogP contribution in [0.4, 0.5) is 4.79 Å². The van der Waals surface area contributed by atoms with Gasteiger partial charge in [0, 0.05) is 25.7 Å². The van der Waals surface area contributed by atoms with Crippen LogP contribution in [0, 0.1) is 5.41 Å². The van der Waals surface area contributed by atoms with Crippen LogP contribution in [0.25, 0.3) is 0 Å². The summed E-state index contributed by atoms with van der Waals surface area (Å²) in [5.41, 5.74) is -0.557. The van der Waals surface area contributed by atoms with E-state index in [0.29, 0.717) is 19.1 Å². The van der Waals surface area contributed by atoms with Crippen LogP contribution in [-0.4, -0.2) is 53.5 Å². The van der Waals surface area contributed by atoms with Gasteiger partial charge in [-0.05, 0) is 45.4 Å². The molecule has 1 amide bonds. The predicted molar refractivity (Wildman–Crippen MR) is 88.9 cm³/mol. The third-order valence-corrected chi connectivity index (χ3v) is 3.98. The predicted octanol–water partition coefficient (Wildman–Crippen LogP) is 2.77. The highest BCUT2D eigenvalue weighted by atomic mass is 16.6. The van der Waals surface area contributed by atoms with Crippen molar-refractivity contribution >= 4 is 6.09 Å². The molecule has 22 heavy (non-hydrogen) atoms. The van der Waals surface area contributed by atoms with Crippen molar-refractivity contribution in [2.45, 2.75) is 78.6 Å². The van der Waals surface area contributed by atoms with E-state index in [9.17, 15) is 9.90 Å². The van der Waals surface area contributed by atoms with Crippen molar-refractivity contribution in [2.75, 3.05) is 19.6 Å². The highest BCUT2D eigenvalue weighted by Crippen LogP contribution is 2.19. The number of ether oxygens (including phenoxy) is 1. The summed E-state index contributed by atoms with van der Waals surface area (Å²) >= 11 is 0. The number of hydrogen-bond acceptors (Lipinski definition) is 4. The van der Waals surface area contributed by atoms with Crippen LogP contribution in [0.2, 0.25) is 0 Å². The highest BCUT2D eigenvalue weighted by Gasteiger charge is 2.26. The topological polar surface area (TPSA) is 61.8 Å². The zero-order chi connectivity index (χ0) is 17.0. The smallest absolute Gasteiger partial charge is 0.410 e. The monoisotopic (exact) mass is 314 g/mol. The summed E-state index contributed by atoms with van der Waals surface area (Å²) in [6, 6.07) is 0.351. The third kappa shape index (κ3) is 6.97. The highest BCUT2D eigenvalue weighted by molar-refractivity contribution is 5.68. The molecule has 0 bridgehead atoms. The zero-order valence-corrected chi connectivity index (χ0v) is 15.1. The number of carbonyl (C=O) groups excluding carboxylic acids is 1. The first-order valence-corrected chi connectivity index (χ1v) is 8.38. The molecular weight excluding hydrogens is 280 g/mol. The van der Waals surface area contributed by atoms with Gasteiger partial charge in [0.05, 0.1) is 6.10 Å². The molecule has 0 spiro atoms. The van der Waals surface area contributed by atoms with E-state index in [1.807, 2.05) is 41.5 Å². The Morgan fingerprint density at radius 1 is 1.23 bits per heavy atom. The van der Waals surface area contributed by atoms with Crippen molar-refractivity contribution in [3.05, 3.63) is 0 Å². The van der Waals surface area contributed by atoms with E-state index < -0.39 is 5.60 Å². The van der Waals surface area contributed by atoms with Gasteiger partial charge in [0.25, 0.3) is 0 Å². The summed E-state index contributed by atoms with van der Waals surface area (Å²) in [6.45, 7) is 13.8. The fraction of sp³-hybridized carbons (Fsp3) is 0.941. The Morgan fingerprint density at radius 2 is 1.86 bits per heavy atom. The molecule has 130 valence electrons. The molecule has 5 heteroatoms. The fourth-order valence-corrected chi connectivity index (χ4v) is 2.39. The van der Waals surface area contributed by atoms with E-state index in [1.54, 1.807) is 4.90 Å². The SMILES string of the molecule is CC(C)(C)OC(=O)N1CCC[C@H](NC[C@H](O)C(C)(C)C)CC1. The molecule has 0 saturated carbocycles. The molecule has 0 aromatic carbocycles. The van der Waals surface area contributed by atoms with Crippen molar-refractivity contribution in [1.82, 2.24) is 10.2 Å². The quantitative estimate of drug-likeness (QED) is 0.841. The molecule has 1 aliphatic heterocycles. The summed E-state index contributed by atoms with van der Waals surface area (Å²) < 4.78 is 5.44. The van der Waals surface area contributed by atoms with Crippen molar-refractivity contribution in [3.63, 3.8) is 0 Å². The Labute approximate surface area is 135 Å².